The molecule has 0 nitrogen and oxygen atoms in total. The predicted molar refractivity (Wildman–Crippen MR) is 108 cm³/mol. The van der Waals surface area contributed by atoms with Crippen LogP contribution in [0.25, 0.3) is 0 Å². The zero-order valence-electron chi connectivity index (χ0n) is 14.5. The van der Waals surface area contributed by atoms with E-state index < -0.39 is 0 Å². The van der Waals surface area contributed by atoms with E-state index in [4.69, 9.17) is 0 Å². The van der Waals surface area contributed by atoms with Gasteiger partial charge in [-0.05, 0) is 49.4 Å². The summed E-state index contributed by atoms with van der Waals surface area (Å²) in [4.78, 5) is 0. The molecule has 0 N–H and O–H groups in total. The van der Waals surface area contributed by atoms with E-state index in [-0.39, 0.29) is 0 Å². The van der Waals surface area contributed by atoms with Crippen molar-refractivity contribution in [2.24, 2.45) is 16.2 Å². The quantitative estimate of drug-likeness (QED) is 0.270. The van der Waals surface area contributed by atoms with E-state index in [1.807, 2.05) is 0 Å². The van der Waals surface area contributed by atoms with E-state index in [1.165, 1.54) is 24.8 Å². The van der Waals surface area contributed by atoms with Crippen molar-refractivity contribution in [3.05, 3.63) is 11.6 Å². The highest BCUT2D eigenvalue weighted by Gasteiger charge is 2.32. The molecule has 0 aliphatic carbocycles. The molecule has 19 heavy (non-hydrogen) atoms. The Morgan fingerprint density at radius 2 is 1.26 bits per heavy atom. The largest absolute Gasteiger partial charge is 0.0887 e. The van der Waals surface area contributed by atoms with Gasteiger partial charge in [-0.15, -0.1) is 0 Å². The lowest BCUT2D eigenvalue weighted by Gasteiger charge is -2.39. The molecule has 0 fully saturated rings. The van der Waals surface area contributed by atoms with Crippen molar-refractivity contribution in [1.82, 2.24) is 0 Å². The molecule has 0 aromatic rings. The smallest absolute Gasteiger partial charge is 0 e. The van der Waals surface area contributed by atoms with Crippen molar-refractivity contribution in [3.63, 3.8) is 0 Å². The first-order valence-corrected chi connectivity index (χ1v) is 13.4. The fourth-order valence-corrected chi connectivity index (χ4v) is 3.71. The molecular formula is C17H34I2. The highest BCUT2D eigenvalue weighted by atomic mass is 128. The van der Waals surface area contributed by atoms with Crippen molar-refractivity contribution in [2.75, 3.05) is 0 Å². The average molecular weight is 492 g/mol. The van der Waals surface area contributed by atoms with Gasteiger partial charge in [0.1, 0.15) is 0 Å². The molecule has 0 amide bonds. The van der Waals surface area contributed by atoms with Crippen LogP contribution >= 0.6 is 37.2 Å². The molecule has 0 rings (SSSR count). The van der Waals surface area contributed by atoms with Crippen LogP contribution in [0.3, 0.4) is 0 Å². The van der Waals surface area contributed by atoms with Gasteiger partial charge in [0.2, 0.25) is 0 Å². The number of rotatable bonds is 5. The summed E-state index contributed by atoms with van der Waals surface area (Å²) in [6.07, 6.45) is 6.05. The topological polar surface area (TPSA) is 0 Å². The van der Waals surface area contributed by atoms with Crippen molar-refractivity contribution in [3.8, 4) is 0 Å². The summed E-state index contributed by atoms with van der Waals surface area (Å²) in [6, 6.07) is 0. The maximum Gasteiger partial charge on any atom is 0 e. The van der Waals surface area contributed by atoms with Gasteiger partial charge in [0, 0.05) is 37.2 Å². The first kappa shape index (κ1) is 22.5. The van der Waals surface area contributed by atoms with Crippen molar-refractivity contribution < 1.29 is 0 Å². The molecule has 0 aliphatic rings. The summed E-state index contributed by atoms with van der Waals surface area (Å²) in [5.74, 6) is 0. The molecule has 0 saturated carbocycles. The van der Waals surface area contributed by atoms with Gasteiger partial charge in [-0.25, -0.2) is 0 Å². The fraction of sp³-hybridized carbons (Fsp3) is 0.882. The number of hydrogen-bond donors (Lipinski definition) is 0. The molecule has 2 heteroatoms. The second-order valence-electron chi connectivity index (χ2n) is 8.55. The SMILES string of the molecule is C/C=C(\C)CC(C)(C)CC(C)(C)CC(C)(C)C.II. The molecule has 0 heterocycles. The Balaban J connectivity index is 0. The number of hydrogen-bond acceptors (Lipinski definition) is 0. The lowest BCUT2D eigenvalue weighted by Crippen LogP contribution is -2.27. The minimum Gasteiger partial charge on any atom is -0.0887 e. The van der Waals surface area contributed by atoms with E-state index in [9.17, 15) is 0 Å². The van der Waals surface area contributed by atoms with E-state index in [0.29, 0.717) is 16.2 Å². The Kier molecular flexibility index (Phi) is 11.0. The van der Waals surface area contributed by atoms with E-state index in [1.54, 1.807) is 0 Å². The van der Waals surface area contributed by atoms with E-state index in [0.717, 1.165) is 0 Å². The zero-order valence-corrected chi connectivity index (χ0v) is 18.8. The van der Waals surface area contributed by atoms with Gasteiger partial charge in [0.25, 0.3) is 0 Å². The number of allylic oxidation sites excluding steroid dienone is 2. The van der Waals surface area contributed by atoms with Crippen LogP contribution in [0.5, 0.6) is 0 Å². The molecule has 0 bridgehead atoms. The van der Waals surface area contributed by atoms with Crippen LogP contribution in [0.4, 0.5) is 0 Å². The molecule has 0 aromatic carbocycles. The summed E-state index contributed by atoms with van der Waals surface area (Å²) < 4.78 is 0. The molecule has 0 atom stereocenters. The lowest BCUT2D eigenvalue weighted by molar-refractivity contribution is 0.133. The highest BCUT2D eigenvalue weighted by Crippen LogP contribution is 2.43. The molecule has 0 unspecified atom stereocenters. The van der Waals surface area contributed by atoms with Crippen molar-refractivity contribution in [1.29, 1.82) is 0 Å². The molecule has 0 aromatic heterocycles. The normalized spacial score (nSPS) is 13.9. The molecular weight excluding hydrogens is 458 g/mol. The summed E-state index contributed by atoms with van der Waals surface area (Å²) in [7, 11) is 0. The van der Waals surface area contributed by atoms with Crippen LogP contribution in [-0.4, -0.2) is 0 Å². The van der Waals surface area contributed by atoms with E-state index >= 15 is 0 Å². The first-order chi connectivity index (χ1) is 8.37. The van der Waals surface area contributed by atoms with Crippen LogP contribution in [0.15, 0.2) is 11.6 Å². The summed E-state index contributed by atoms with van der Waals surface area (Å²) in [6.45, 7) is 21.1. The van der Waals surface area contributed by atoms with Crippen LogP contribution < -0.4 is 0 Å². The second kappa shape index (κ2) is 9.26. The standard InChI is InChI=1S/C17H34.I2/c1-10-14(2)11-16(6,7)13-17(8,9)12-15(3,4)5;1-2/h10H,11-13H2,1-9H3;/b14-10+;. The average Bonchev–Trinajstić information content (AvgIpc) is 2.13. The highest BCUT2D eigenvalue weighted by molar-refractivity contribution is 15.0. The molecule has 116 valence electrons. The van der Waals surface area contributed by atoms with Crippen LogP contribution in [0, 0.1) is 16.2 Å². The minimum absolute atomic E-state index is 0.408. The summed E-state index contributed by atoms with van der Waals surface area (Å²) in [5.41, 5.74) is 2.78. The van der Waals surface area contributed by atoms with Crippen molar-refractivity contribution >= 4 is 37.2 Å². The monoisotopic (exact) mass is 492 g/mol. The molecule has 0 spiro atoms. The lowest BCUT2D eigenvalue weighted by atomic mass is 9.66. The summed E-state index contributed by atoms with van der Waals surface area (Å²) in [5, 5.41) is 0. The Bertz CT molecular complexity index is 267. The maximum absolute atomic E-state index is 2.42. The second-order valence-corrected chi connectivity index (χ2v) is 8.55. The van der Waals surface area contributed by atoms with Crippen molar-refractivity contribution in [2.45, 2.75) is 81.6 Å². The first-order valence-electron chi connectivity index (χ1n) is 7.13. The molecule has 0 aliphatic heterocycles. The number of halogens is 2. The van der Waals surface area contributed by atoms with Gasteiger partial charge < -0.3 is 0 Å². The molecule has 0 saturated heterocycles. The van der Waals surface area contributed by atoms with E-state index in [2.05, 4.69) is 106 Å². The van der Waals surface area contributed by atoms with Gasteiger partial charge in [-0.3, -0.25) is 0 Å². The van der Waals surface area contributed by atoms with Gasteiger partial charge in [0.15, 0.2) is 0 Å². The predicted octanol–water partition coefficient (Wildman–Crippen LogP) is 7.99. The molecule has 0 radical (unpaired) electrons. The van der Waals surface area contributed by atoms with Gasteiger partial charge in [-0.1, -0.05) is 60.1 Å². The third kappa shape index (κ3) is 13.9. The van der Waals surface area contributed by atoms with Gasteiger partial charge >= 0.3 is 0 Å². The Morgan fingerprint density at radius 1 is 0.842 bits per heavy atom. The Morgan fingerprint density at radius 3 is 1.58 bits per heavy atom. The Labute approximate surface area is 145 Å². The maximum atomic E-state index is 2.42. The van der Waals surface area contributed by atoms with Gasteiger partial charge in [-0.2, -0.15) is 0 Å². The van der Waals surface area contributed by atoms with Crippen LogP contribution in [0.2, 0.25) is 0 Å². The van der Waals surface area contributed by atoms with Crippen LogP contribution in [0.1, 0.15) is 81.6 Å². The Hall–Kier alpha value is 1.20. The van der Waals surface area contributed by atoms with Gasteiger partial charge in [0.05, 0.1) is 0 Å². The third-order valence-corrected chi connectivity index (χ3v) is 3.22. The minimum atomic E-state index is 0.408. The fourth-order valence-electron chi connectivity index (χ4n) is 3.71. The zero-order chi connectivity index (χ0) is 15.9. The third-order valence-electron chi connectivity index (χ3n) is 3.22. The summed E-state index contributed by atoms with van der Waals surface area (Å²) >= 11 is 4.24. The van der Waals surface area contributed by atoms with Crippen LogP contribution in [-0.2, 0) is 0 Å².